The van der Waals surface area contributed by atoms with E-state index in [1.807, 2.05) is 0 Å². The molecule has 1 aliphatic rings. The fraction of sp³-hybridized carbons (Fsp3) is 0.636. The summed E-state index contributed by atoms with van der Waals surface area (Å²) >= 11 is 0. The summed E-state index contributed by atoms with van der Waals surface area (Å²) in [6, 6.07) is 0. The lowest BCUT2D eigenvalue weighted by atomic mass is 9.91. The summed E-state index contributed by atoms with van der Waals surface area (Å²) in [5, 5.41) is 17.7. The Hall–Kier alpha value is -1.77. The van der Waals surface area contributed by atoms with E-state index < -0.39 is 10.0 Å². The lowest BCUT2D eigenvalue weighted by molar-refractivity contribution is 0.318. The number of H-pyrrole nitrogens is 1. The summed E-state index contributed by atoms with van der Waals surface area (Å²) in [7, 11) is -3.48. The number of hydrogen-bond acceptors (Lipinski definition) is 5. The van der Waals surface area contributed by atoms with E-state index >= 15 is 0 Å². The van der Waals surface area contributed by atoms with Gasteiger partial charge in [0.2, 0.25) is 10.0 Å². The fourth-order valence-electron chi connectivity index (χ4n) is 2.47. The molecule has 0 aliphatic heterocycles. The number of anilines is 1. The fourth-order valence-corrected chi connectivity index (χ4v) is 3.98. The highest BCUT2D eigenvalue weighted by Crippen LogP contribution is 2.25. The Labute approximate surface area is 117 Å². The van der Waals surface area contributed by atoms with Crippen LogP contribution in [0.25, 0.3) is 0 Å². The van der Waals surface area contributed by atoms with E-state index in [1.165, 1.54) is 12.6 Å². The summed E-state index contributed by atoms with van der Waals surface area (Å²) in [6.45, 7) is 0. The molecule has 8 nitrogen and oxygen atoms in total. The molecule has 1 saturated carbocycles. The van der Waals surface area contributed by atoms with E-state index in [9.17, 15) is 8.42 Å². The average Bonchev–Trinajstić information content (AvgIpc) is 2.85. The Morgan fingerprint density at radius 3 is 2.85 bits per heavy atom. The summed E-state index contributed by atoms with van der Waals surface area (Å²) < 4.78 is 26.7. The molecule has 9 heteroatoms. The number of nitrogens with zero attached hydrogens (tertiary/aromatic N) is 2. The van der Waals surface area contributed by atoms with Gasteiger partial charge in [0.25, 0.3) is 0 Å². The van der Waals surface area contributed by atoms with E-state index in [0.29, 0.717) is 0 Å². The van der Waals surface area contributed by atoms with Crippen molar-refractivity contribution in [3.8, 4) is 0 Å². The van der Waals surface area contributed by atoms with Crippen LogP contribution in [0.3, 0.4) is 0 Å². The molecule has 20 heavy (non-hydrogen) atoms. The minimum Gasteiger partial charge on any atom is -0.409 e. The smallest absolute Gasteiger partial charge is 0.234 e. The van der Waals surface area contributed by atoms with E-state index in [-0.39, 0.29) is 28.9 Å². The van der Waals surface area contributed by atoms with Gasteiger partial charge in [0, 0.05) is 0 Å². The molecule has 0 saturated heterocycles. The summed E-state index contributed by atoms with van der Waals surface area (Å²) in [4.78, 5) is 0. The zero-order chi connectivity index (χ0) is 14.6. The van der Waals surface area contributed by atoms with Gasteiger partial charge in [-0.2, -0.15) is 5.10 Å². The second-order valence-corrected chi connectivity index (χ2v) is 6.80. The predicted octanol–water partition coefficient (Wildman–Crippen LogP) is 0.826. The van der Waals surface area contributed by atoms with Gasteiger partial charge in [-0.3, -0.25) is 9.82 Å². The number of oxime groups is 1. The Bertz CT molecular complexity index is 575. The topological polar surface area (TPSA) is 133 Å². The van der Waals surface area contributed by atoms with E-state index in [1.54, 1.807) is 0 Å². The van der Waals surface area contributed by atoms with Gasteiger partial charge >= 0.3 is 0 Å². The number of aromatic nitrogens is 2. The summed E-state index contributed by atoms with van der Waals surface area (Å²) in [6.07, 6.45) is 6.53. The number of sulfonamides is 1. The molecule has 1 aromatic heterocycles. The number of amidine groups is 1. The maximum atomic E-state index is 12.1. The maximum Gasteiger partial charge on any atom is 0.234 e. The molecule has 5 N–H and O–H groups in total. The van der Waals surface area contributed by atoms with Gasteiger partial charge in [-0.05, 0) is 18.8 Å². The summed E-state index contributed by atoms with van der Waals surface area (Å²) in [5.74, 6) is 0.198. The normalized spacial score (nSPS) is 18.1. The van der Waals surface area contributed by atoms with Crippen molar-refractivity contribution in [2.75, 3.05) is 10.5 Å². The molecule has 112 valence electrons. The number of rotatable bonds is 5. The zero-order valence-corrected chi connectivity index (χ0v) is 11.9. The highest BCUT2D eigenvalue weighted by molar-refractivity contribution is 7.92. The molecule has 0 amide bonds. The van der Waals surface area contributed by atoms with Crippen LogP contribution in [0.5, 0.6) is 0 Å². The number of nitrogens with one attached hydrogen (secondary N) is 2. The Morgan fingerprint density at radius 1 is 1.50 bits per heavy atom. The molecule has 1 heterocycles. The third-order valence-electron chi connectivity index (χ3n) is 3.46. The SMILES string of the molecule is NC(=NO)c1cn[nH]c1NS(=O)(=O)CC1CCCCC1. The molecular weight excluding hydrogens is 282 g/mol. The summed E-state index contributed by atoms with van der Waals surface area (Å²) in [5.41, 5.74) is 5.67. The molecule has 1 aromatic rings. The second-order valence-electron chi connectivity index (χ2n) is 5.03. The first-order valence-electron chi connectivity index (χ1n) is 6.53. The van der Waals surface area contributed by atoms with Crippen LogP contribution in [0, 0.1) is 5.92 Å². The molecule has 1 aliphatic carbocycles. The van der Waals surface area contributed by atoms with Crippen molar-refractivity contribution in [2.24, 2.45) is 16.8 Å². The molecule has 0 bridgehead atoms. The standard InChI is InChI=1S/C11H19N5O3S/c12-10(15-17)9-6-13-14-11(9)16-20(18,19)7-8-4-2-1-3-5-8/h6,8,17H,1-5,7H2,(H2,12,15)(H2,13,14,16). The largest absolute Gasteiger partial charge is 0.409 e. The molecule has 0 radical (unpaired) electrons. The van der Waals surface area contributed by atoms with Crippen LogP contribution < -0.4 is 10.5 Å². The van der Waals surface area contributed by atoms with Crippen LogP contribution in [0.15, 0.2) is 11.4 Å². The van der Waals surface area contributed by atoms with Crippen molar-refractivity contribution < 1.29 is 13.6 Å². The lowest BCUT2D eigenvalue weighted by Gasteiger charge is -2.21. The lowest BCUT2D eigenvalue weighted by Crippen LogP contribution is -2.25. The molecule has 0 unspecified atom stereocenters. The van der Waals surface area contributed by atoms with Crippen molar-refractivity contribution in [3.63, 3.8) is 0 Å². The molecular formula is C11H19N5O3S. The van der Waals surface area contributed by atoms with Gasteiger partial charge in [0.15, 0.2) is 5.84 Å². The van der Waals surface area contributed by atoms with Crippen molar-refractivity contribution in [2.45, 2.75) is 32.1 Å². The minimum atomic E-state index is -3.48. The van der Waals surface area contributed by atoms with Crippen LogP contribution in [0.4, 0.5) is 5.82 Å². The monoisotopic (exact) mass is 301 g/mol. The Balaban J connectivity index is 2.06. The van der Waals surface area contributed by atoms with Crippen LogP contribution in [-0.2, 0) is 10.0 Å². The highest BCUT2D eigenvalue weighted by atomic mass is 32.2. The van der Waals surface area contributed by atoms with Gasteiger partial charge in [0.05, 0.1) is 17.5 Å². The van der Waals surface area contributed by atoms with E-state index in [0.717, 1.165) is 25.7 Å². The first-order chi connectivity index (χ1) is 9.52. The van der Waals surface area contributed by atoms with Gasteiger partial charge in [-0.15, -0.1) is 0 Å². The molecule has 0 spiro atoms. The number of hydrogen-bond donors (Lipinski definition) is 4. The first-order valence-corrected chi connectivity index (χ1v) is 8.19. The molecule has 2 rings (SSSR count). The van der Waals surface area contributed by atoms with Gasteiger partial charge in [-0.1, -0.05) is 24.4 Å². The quantitative estimate of drug-likeness (QED) is 0.276. The van der Waals surface area contributed by atoms with Crippen molar-refractivity contribution in [1.82, 2.24) is 10.2 Å². The van der Waals surface area contributed by atoms with Crippen molar-refractivity contribution >= 4 is 21.7 Å². The van der Waals surface area contributed by atoms with E-state index in [2.05, 4.69) is 20.1 Å². The van der Waals surface area contributed by atoms with Gasteiger partial charge in [-0.25, -0.2) is 8.42 Å². The second kappa shape index (κ2) is 6.12. The number of nitrogens with two attached hydrogens (primary N) is 1. The van der Waals surface area contributed by atoms with Gasteiger partial charge in [0.1, 0.15) is 5.82 Å². The third-order valence-corrected chi connectivity index (χ3v) is 4.89. The maximum absolute atomic E-state index is 12.1. The number of aromatic amines is 1. The van der Waals surface area contributed by atoms with E-state index in [4.69, 9.17) is 10.9 Å². The first kappa shape index (κ1) is 14.6. The van der Waals surface area contributed by atoms with Crippen LogP contribution >= 0.6 is 0 Å². The average molecular weight is 301 g/mol. The van der Waals surface area contributed by atoms with Gasteiger partial charge < -0.3 is 10.9 Å². The third kappa shape index (κ3) is 3.62. The molecule has 0 aromatic carbocycles. The predicted molar refractivity (Wildman–Crippen MR) is 75.1 cm³/mol. The molecule has 1 fully saturated rings. The Kier molecular flexibility index (Phi) is 4.48. The van der Waals surface area contributed by atoms with Crippen molar-refractivity contribution in [3.05, 3.63) is 11.8 Å². The van der Waals surface area contributed by atoms with Crippen molar-refractivity contribution in [1.29, 1.82) is 0 Å². The zero-order valence-electron chi connectivity index (χ0n) is 11.0. The minimum absolute atomic E-state index is 0.0850. The Morgan fingerprint density at radius 2 is 2.20 bits per heavy atom. The van der Waals surface area contributed by atoms with Crippen LogP contribution in [0.2, 0.25) is 0 Å². The molecule has 0 atom stereocenters. The highest BCUT2D eigenvalue weighted by Gasteiger charge is 2.23. The van der Waals surface area contributed by atoms with Crippen LogP contribution in [0.1, 0.15) is 37.7 Å². The van der Waals surface area contributed by atoms with Crippen LogP contribution in [-0.4, -0.2) is 35.4 Å².